The SMILES string of the molecule is C=CC[C@@](C=O)(COC)c1ccccc1. The lowest BCUT2D eigenvalue weighted by molar-refractivity contribution is -0.114. The van der Waals surface area contributed by atoms with Crippen LogP contribution in [0.4, 0.5) is 0 Å². The lowest BCUT2D eigenvalue weighted by Gasteiger charge is -2.26. The summed E-state index contributed by atoms with van der Waals surface area (Å²) in [6, 6.07) is 9.66. The Kier molecular flexibility index (Phi) is 4.25. The van der Waals surface area contributed by atoms with Gasteiger partial charge >= 0.3 is 0 Å². The second-order valence-electron chi connectivity index (χ2n) is 3.57. The Labute approximate surface area is 90.6 Å². The summed E-state index contributed by atoms with van der Waals surface area (Å²) >= 11 is 0. The second kappa shape index (κ2) is 5.47. The van der Waals surface area contributed by atoms with E-state index in [1.807, 2.05) is 30.3 Å². The molecule has 0 radical (unpaired) electrons. The van der Waals surface area contributed by atoms with Crippen LogP contribution in [0.5, 0.6) is 0 Å². The van der Waals surface area contributed by atoms with Crippen LogP contribution in [0.15, 0.2) is 43.0 Å². The first-order valence-corrected chi connectivity index (χ1v) is 4.91. The van der Waals surface area contributed by atoms with Crippen molar-refractivity contribution in [3.63, 3.8) is 0 Å². The molecule has 0 aliphatic heterocycles. The topological polar surface area (TPSA) is 26.3 Å². The number of benzene rings is 1. The molecule has 0 amide bonds. The van der Waals surface area contributed by atoms with E-state index in [0.29, 0.717) is 13.0 Å². The number of ether oxygens (including phenoxy) is 1. The molecule has 0 aliphatic carbocycles. The molecule has 0 spiro atoms. The molecule has 80 valence electrons. The number of allylic oxidation sites excluding steroid dienone is 1. The highest BCUT2D eigenvalue weighted by Crippen LogP contribution is 2.26. The third-order valence-electron chi connectivity index (χ3n) is 2.48. The van der Waals surface area contributed by atoms with Gasteiger partial charge in [0, 0.05) is 7.11 Å². The zero-order valence-corrected chi connectivity index (χ0v) is 8.98. The van der Waals surface area contributed by atoms with Crippen molar-refractivity contribution >= 4 is 6.29 Å². The first-order chi connectivity index (χ1) is 7.29. The van der Waals surface area contributed by atoms with Crippen LogP contribution in [0.3, 0.4) is 0 Å². The lowest BCUT2D eigenvalue weighted by atomic mass is 9.80. The minimum Gasteiger partial charge on any atom is -0.383 e. The summed E-state index contributed by atoms with van der Waals surface area (Å²) in [5.41, 5.74) is 0.388. The van der Waals surface area contributed by atoms with E-state index in [9.17, 15) is 4.79 Å². The Morgan fingerprint density at radius 2 is 2.07 bits per heavy atom. The molecule has 0 unspecified atom stereocenters. The number of carbonyl (C=O) groups is 1. The molecule has 1 atom stereocenters. The van der Waals surface area contributed by atoms with Crippen molar-refractivity contribution in [2.75, 3.05) is 13.7 Å². The minimum atomic E-state index is -0.586. The Morgan fingerprint density at radius 3 is 2.53 bits per heavy atom. The first kappa shape index (κ1) is 11.7. The maximum Gasteiger partial charge on any atom is 0.133 e. The van der Waals surface area contributed by atoms with Crippen molar-refractivity contribution in [1.29, 1.82) is 0 Å². The summed E-state index contributed by atoms with van der Waals surface area (Å²) in [5, 5.41) is 0. The summed E-state index contributed by atoms with van der Waals surface area (Å²) in [5.74, 6) is 0. The maximum atomic E-state index is 11.3. The number of methoxy groups -OCH3 is 1. The Bertz CT molecular complexity index is 319. The van der Waals surface area contributed by atoms with E-state index in [0.717, 1.165) is 11.8 Å². The van der Waals surface area contributed by atoms with Gasteiger partial charge in [0.2, 0.25) is 0 Å². The van der Waals surface area contributed by atoms with Crippen LogP contribution in [0.1, 0.15) is 12.0 Å². The molecular formula is C13H16O2. The third-order valence-corrected chi connectivity index (χ3v) is 2.48. The number of carbonyl (C=O) groups excluding carboxylic acids is 1. The van der Waals surface area contributed by atoms with Gasteiger partial charge in [-0.2, -0.15) is 0 Å². The van der Waals surface area contributed by atoms with Crippen LogP contribution in [0, 0.1) is 0 Å². The molecule has 1 aromatic rings. The normalized spacial score (nSPS) is 14.2. The Balaban J connectivity index is 3.08. The van der Waals surface area contributed by atoms with E-state index in [2.05, 4.69) is 6.58 Å². The van der Waals surface area contributed by atoms with Crippen LogP contribution in [-0.2, 0) is 14.9 Å². The van der Waals surface area contributed by atoms with E-state index < -0.39 is 5.41 Å². The van der Waals surface area contributed by atoms with Gasteiger partial charge in [-0.3, -0.25) is 0 Å². The van der Waals surface area contributed by atoms with E-state index in [1.165, 1.54) is 0 Å². The number of rotatable bonds is 6. The van der Waals surface area contributed by atoms with E-state index in [1.54, 1.807) is 13.2 Å². The number of hydrogen-bond donors (Lipinski definition) is 0. The fourth-order valence-electron chi connectivity index (χ4n) is 1.70. The zero-order chi connectivity index (χ0) is 11.1. The van der Waals surface area contributed by atoms with Crippen molar-refractivity contribution in [2.45, 2.75) is 11.8 Å². The fourth-order valence-corrected chi connectivity index (χ4v) is 1.70. The van der Waals surface area contributed by atoms with Gasteiger partial charge in [-0.15, -0.1) is 6.58 Å². The minimum absolute atomic E-state index is 0.381. The standard InChI is InChI=1S/C13H16O2/c1-3-9-13(10-14,11-15-2)12-7-5-4-6-8-12/h3-8,10H,1,9,11H2,2H3/t13-/m1/s1. The van der Waals surface area contributed by atoms with Gasteiger partial charge in [0.05, 0.1) is 12.0 Å². The highest BCUT2D eigenvalue weighted by molar-refractivity contribution is 5.69. The van der Waals surface area contributed by atoms with Crippen LogP contribution < -0.4 is 0 Å². The van der Waals surface area contributed by atoms with Crippen molar-refractivity contribution in [2.24, 2.45) is 0 Å². The zero-order valence-electron chi connectivity index (χ0n) is 8.98. The van der Waals surface area contributed by atoms with Gasteiger partial charge in [-0.25, -0.2) is 0 Å². The quantitative estimate of drug-likeness (QED) is 0.525. The molecule has 1 rings (SSSR count). The van der Waals surface area contributed by atoms with Gasteiger partial charge in [0.1, 0.15) is 6.29 Å². The molecular weight excluding hydrogens is 188 g/mol. The molecule has 0 fully saturated rings. The first-order valence-electron chi connectivity index (χ1n) is 4.91. The molecule has 15 heavy (non-hydrogen) atoms. The van der Waals surface area contributed by atoms with Crippen molar-refractivity contribution in [3.8, 4) is 0 Å². The molecule has 0 heterocycles. The molecule has 0 N–H and O–H groups in total. The van der Waals surface area contributed by atoms with Crippen LogP contribution in [-0.4, -0.2) is 20.0 Å². The lowest BCUT2D eigenvalue weighted by Crippen LogP contribution is -2.32. The summed E-state index contributed by atoms with van der Waals surface area (Å²) in [6.45, 7) is 4.07. The van der Waals surface area contributed by atoms with Crippen LogP contribution in [0.2, 0.25) is 0 Å². The molecule has 2 nitrogen and oxygen atoms in total. The molecule has 0 aliphatic rings. The highest BCUT2D eigenvalue weighted by Gasteiger charge is 2.30. The van der Waals surface area contributed by atoms with Crippen molar-refractivity contribution in [1.82, 2.24) is 0 Å². The average molecular weight is 204 g/mol. The van der Waals surface area contributed by atoms with Crippen molar-refractivity contribution in [3.05, 3.63) is 48.6 Å². The molecule has 0 aromatic heterocycles. The van der Waals surface area contributed by atoms with Crippen LogP contribution in [0.25, 0.3) is 0 Å². The van der Waals surface area contributed by atoms with E-state index in [4.69, 9.17) is 4.74 Å². The van der Waals surface area contributed by atoms with Gasteiger partial charge in [0.25, 0.3) is 0 Å². The van der Waals surface area contributed by atoms with Crippen molar-refractivity contribution < 1.29 is 9.53 Å². The van der Waals surface area contributed by atoms with E-state index in [-0.39, 0.29) is 0 Å². The predicted molar refractivity (Wildman–Crippen MR) is 60.9 cm³/mol. The molecule has 2 heteroatoms. The summed E-state index contributed by atoms with van der Waals surface area (Å²) in [6.07, 6.45) is 3.29. The fraction of sp³-hybridized carbons (Fsp3) is 0.308. The van der Waals surface area contributed by atoms with Gasteiger partial charge in [0.15, 0.2) is 0 Å². The molecule has 0 saturated heterocycles. The second-order valence-corrected chi connectivity index (χ2v) is 3.57. The molecule has 0 bridgehead atoms. The molecule has 0 saturated carbocycles. The predicted octanol–water partition coefficient (Wildman–Crippen LogP) is 2.35. The Hall–Kier alpha value is -1.41. The summed E-state index contributed by atoms with van der Waals surface area (Å²) in [7, 11) is 1.60. The van der Waals surface area contributed by atoms with Crippen LogP contribution >= 0.6 is 0 Å². The number of aldehydes is 1. The summed E-state index contributed by atoms with van der Waals surface area (Å²) in [4.78, 5) is 11.3. The van der Waals surface area contributed by atoms with E-state index >= 15 is 0 Å². The smallest absolute Gasteiger partial charge is 0.133 e. The highest BCUT2D eigenvalue weighted by atomic mass is 16.5. The Morgan fingerprint density at radius 1 is 1.40 bits per heavy atom. The largest absolute Gasteiger partial charge is 0.383 e. The number of hydrogen-bond acceptors (Lipinski definition) is 2. The van der Waals surface area contributed by atoms with Gasteiger partial charge in [-0.05, 0) is 12.0 Å². The maximum absolute atomic E-state index is 11.3. The van der Waals surface area contributed by atoms with Gasteiger partial charge < -0.3 is 9.53 Å². The third kappa shape index (κ3) is 2.54. The van der Waals surface area contributed by atoms with Gasteiger partial charge in [-0.1, -0.05) is 36.4 Å². The molecule has 1 aromatic carbocycles. The average Bonchev–Trinajstić information content (AvgIpc) is 2.30. The monoisotopic (exact) mass is 204 g/mol. The summed E-state index contributed by atoms with van der Waals surface area (Å²) < 4.78 is 5.13.